The highest BCUT2D eigenvalue weighted by Crippen LogP contribution is 2.20. The van der Waals surface area contributed by atoms with Gasteiger partial charge < -0.3 is 10.2 Å². The van der Waals surface area contributed by atoms with Gasteiger partial charge >= 0.3 is 0 Å². The van der Waals surface area contributed by atoms with Gasteiger partial charge in [-0.2, -0.15) is 4.31 Å². The van der Waals surface area contributed by atoms with Crippen molar-refractivity contribution in [2.24, 2.45) is 0 Å². The fourth-order valence-electron chi connectivity index (χ4n) is 2.74. The topological polar surface area (TPSA) is 90.0 Å². The molecule has 0 bridgehead atoms. The Morgan fingerprint density at radius 3 is 2.31 bits per heavy atom. The summed E-state index contributed by atoms with van der Waals surface area (Å²) in [7, 11) is -0.180. The van der Waals surface area contributed by atoms with Crippen LogP contribution in [0.15, 0.2) is 29.2 Å². The fraction of sp³-hybridized carbons (Fsp3) is 0.529. The van der Waals surface area contributed by atoms with E-state index in [4.69, 9.17) is 0 Å². The van der Waals surface area contributed by atoms with Gasteiger partial charge in [-0.1, -0.05) is 0 Å². The van der Waals surface area contributed by atoms with Gasteiger partial charge in [0.25, 0.3) is 0 Å². The van der Waals surface area contributed by atoms with E-state index in [9.17, 15) is 18.0 Å². The van der Waals surface area contributed by atoms with Crippen LogP contribution in [0, 0.1) is 0 Å². The second kappa shape index (κ2) is 8.61. The van der Waals surface area contributed by atoms with E-state index >= 15 is 0 Å². The van der Waals surface area contributed by atoms with Crippen molar-refractivity contribution in [1.82, 2.24) is 14.1 Å². The summed E-state index contributed by atoms with van der Waals surface area (Å²) in [5, 5.41) is 2.62. The molecule has 144 valence electrons. The Morgan fingerprint density at radius 1 is 1.08 bits per heavy atom. The molecule has 0 spiro atoms. The largest absolute Gasteiger partial charge is 0.348 e. The highest BCUT2D eigenvalue weighted by atomic mass is 32.2. The number of anilines is 1. The molecular weight excluding hydrogens is 356 g/mol. The van der Waals surface area contributed by atoms with E-state index in [1.54, 1.807) is 26.2 Å². The number of carbonyl (C=O) groups excluding carboxylic acids is 2. The number of hydrogen-bond acceptors (Lipinski definition) is 5. The average Bonchev–Trinajstić information content (AvgIpc) is 2.80. The SMILES string of the molecule is CC(=O)Nc1ccc(S(=O)(=O)N2CCCN(CC(=O)N(C)C)CC2)cc1. The molecule has 1 aliphatic heterocycles. The first-order valence-corrected chi connectivity index (χ1v) is 9.94. The van der Waals surface area contributed by atoms with Crippen LogP contribution in [-0.2, 0) is 19.6 Å². The maximum atomic E-state index is 12.9. The standard InChI is InChI=1S/C17H26N4O4S/c1-14(22)18-15-5-7-16(8-6-15)26(24,25)21-10-4-9-20(11-12-21)13-17(23)19(2)3/h5-8H,4,9-13H2,1-3H3,(H,18,22). The van der Waals surface area contributed by atoms with E-state index in [1.165, 1.54) is 28.3 Å². The number of nitrogens with one attached hydrogen (secondary N) is 1. The summed E-state index contributed by atoms with van der Waals surface area (Å²) >= 11 is 0. The first-order chi connectivity index (χ1) is 12.2. The van der Waals surface area contributed by atoms with Crippen LogP contribution in [0.1, 0.15) is 13.3 Å². The van der Waals surface area contributed by atoms with E-state index in [0.717, 1.165) is 0 Å². The summed E-state index contributed by atoms with van der Waals surface area (Å²) in [4.78, 5) is 26.6. The molecule has 2 amide bonds. The Labute approximate surface area is 154 Å². The maximum absolute atomic E-state index is 12.9. The van der Waals surface area contributed by atoms with Gasteiger partial charge in [-0.05, 0) is 37.2 Å². The number of benzene rings is 1. The van der Waals surface area contributed by atoms with Crippen molar-refractivity contribution < 1.29 is 18.0 Å². The Morgan fingerprint density at radius 2 is 1.73 bits per heavy atom. The molecule has 1 heterocycles. The van der Waals surface area contributed by atoms with Gasteiger partial charge in [0, 0.05) is 46.3 Å². The third kappa shape index (κ3) is 5.26. The normalized spacial score (nSPS) is 16.7. The lowest BCUT2D eigenvalue weighted by molar-refractivity contribution is -0.129. The quantitative estimate of drug-likeness (QED) is 0.798. The number of amides is 2. The second-order valence-electron chi connectivity index (χ2n) is 6.53. The molecule has 26 heavy (non-hydrogen) atoms. The third-order valence-corrected chi connectivity index (χ3v) is 6.13. The first kappa shape index (κ1) is 20.3. The molecule has 1 fully saturated rings. The molecular formula is C17H26N4O4S. The zero-order valence-electron chi connectivity index (χ0n) is 15.4. The lowest BCUT2D eigenvalue weighted by atomic mass is 10.3. The van der Waals surface area contributed by atoms with Crippen LogP contribution in [0.25, 0.3) is 0 Å². The molecule has 0 unspecified atom stereocenters. The molecule has 2 rings (SSSR count). The summed E-state index contributed by atoms with van der Waals surface area (Å²) in [6, 6.07) is 6.15. The number of nitrogens with zero attached hydrogens (tertiary/aromatic N) is 3. The van der Waals surface area contributed by atoms with E-state index in [-0.39, 0.29) is 16.7 Å². The minimum Gasteiger partial charge on any atom is -0.348 e. The zero-order valence-corrected chi connectivity index (χ0v) is 16.3. The Balaban J connectivity index is 2.05. The highest BCUT2D eigenvalue weighted by molar-refractivity contribution is 7.89. The molecule has 0 atom stereocenters. The predicted octanol–water partition coefficient (Wildman–Crippen LogP) is 0.430. The van der Waals surface area contributed by atoms with Crippen LogP contribution in [-0.4, -0.2) is 81.2 Å². The molecule has 0 aliphatic carbocycles. The van der Waals surface area contributed by atoms with Crippen LogP contribution in [0.4, 0.5) is 5.69 Å². The molecule has 1 aliphatic rings. The molecule has 0 saturated carbocycles. The Hall–Kier alpha value is -1.97. The van der Waals surface area contributed by atoms with Crippen LogP contribution >= 0.6 is 0 Å². The lowest BCUT2D eigenvalue weighted by Gasteiger charge is -2.22. The monoisotopic (exact) mass is 382 g/mol. The molecule has 1 saturated heterocycles. The summed E-state index contributed by atoms with van der Waals surface area (Å²) in [5.41, 5.74) is 0.556. The van der Waals surface area contributed by atoms with Crippen molar-refractivity contribution in [1.29, 1.82) is 0 Å². The van der Waals surface area contributed by atoms with E-state index in [2.05, 4.69) is 5.32 Å². The highest BCUT2D eigenvalue weighted by Gasteiger charge is 2.27. The van der Waals surface area contributed by atoms with Crippen molar-refractivity contribution in [3.63, 3.8) is 0 Å². The van der Waals surface area contributed by atoms with Crippen LogP contribution in [0.2, 0.25) is 0 Å². The van der Waals surface area contributed by atoms with Gasteiger partial charge in [-0.25, -0.2) is 8.42 Å². The lowest BCUT2D eigenvalue weighted by Crippen LogP contribution is -2.39. The molecule has 1 N–H and O–H groups in total. The minimum atomic E-state index is -3.60. The van der Waals surface area contributed by atoms with Crippen molar-refractivity contribution in [2.75, 3.05) is 52.1 Å². The molecule has 8 nitrogen and oxygen atoms in total. The van der Waals surface area contributed by atoms with Gasteiger partial charge in [0.1, 0.15) is 0 Å². The minimum absolute atomic E-state index is 0.00914. The smallest absolute Gasteiger partial charge is 0.243 e. The molecule has 0 aromatic heterocycles. The van der Waals surface area contributed by atoms with Gasteiger partial charge in [0.2, 0.25) is 21.8 Å². The third-order valence-electron chi connectivity index (χ3n) is 4.22. The van der Waals surface area contributed by atoms with Crippen molar-refractivity contribution >= 4 is 27.5 Å². The number of carbonyl (C=O) groups is 2. The maximum Gasteiger partial charge on any atom is 0.243 e. The van der Waals surface area contributed by atoms with Crippen LogP contribution in [0.5, 0.6) is 0 Å². The van der Waals surface area contributed by atoms with E-state index in [1.807, 2.05) is 4.90 Å². The number of hydrogen-bond donors (Lipinski definition) is 1. The predicted molar refractivity (Wildman–Crippen MR) is 99.3 cm³/mol. The molecule has 0 radical (unpaired) electrons. The molecule has 1 aromatic rings. The summed E-state index contributed by atoms with van der Waals surface area (Å²) < 4.78 is 27.2. The Kier molecular flexibility index (Phi) is 6.74. The van der Waals surface area contributed by atoms with Crippen LogP contribution < -0.4 is 5.32 Å². The number of likely N-dealkylation sites (N-methyl/N-ethyl adjacent to an activating group) is 1. The van der Waals surface area contributed by atoms with Crippen molar-refractivity contribution in [2.45, 2.75) is 18.2 Å². The van der Waals surface area contributed by atoms with Gasteiger partial charge in [-0.3, -0.25) is 14.5 Å². The molecule has 9 heteroatoms. The van der Waals surface area contributed by atoms with Crippen molar-refractivity contribution in [3.8, 4) is 0 Å². The van der Waals surface area contributed by atoms with E-state index in [0.29, 0.717) is 44.8 Å². The first-order valence-electron chi connectivity index (χ1n) is 8.50. The van der Waals surface area contributed by atoms with Gasteiger partial charge in [0.05, 0.1) is 11.4 Å². The van der Waals surface area contributed by atoms with Crippen molar-refractivity contribution in [3.05, 3.63) is 24.3 Å². The zero-order chi connectivity index (χ0) is 19.3. The van der Waals surface area contributed by atoms with Gasteiger partial charge in [-0.15, -0.1) is 0 Å². The van der Waals surface area contributed by atoms with Crippen LogP contribution in [0.3, 0.4) is 0 Å². The number of rotatable bonds is 5. The van der Waals surface area contributed by atoms with E-state index < -0.39 is 10.0 Å². The Bertz CT molecular complexity index is 747. The fourth-order valence-corrected chi connectivity index (χ4v) is 4.21. The summed E-state index contributed by atoms with van der Waals surface area (Å²) in [6.07, 6.45) is 0.671. The van der Waals surface area contributed by atoms with Gasteiger partial charge in [0.15, 0.2) is 0 Å². The average molecular weight is 382 g/mol. The second-order valence-corrected chi connectivity index (χ2v) is 8.47. The molecule has 1 aromatic carbocycles. The summed E-state index contributed by atoms with van der Waals surface area (Å²) in [5.74, 6) is -0.199. The summed E-state index contributed by atoms with van der Waals surface area (Å²) in [6.45, 7) is 3.66. The number of sulfonamides is 1.